The van der Waals surface area contributed by atoms with Crippen molar-refractivity contribution in [3.63, 3.8) is 0 Å². The van der Waals surface area contributed by atoms with E-state index in [4.69, 9.17) is 4.74 Å². The molecule has 0 amide bonds. The van der Waals surface area contributed by atoms with Crippen molar-refractivity contribution in [2.75, 3.05) is 12.4 Å². The highest BCUT2D eigenvalue weighted by Gasteiger charge is 2.28. The topological polar surface area (TPSA) is 39.2 Å². The summed E-state index contributed by atoms with van der Waals surface area (Å²) in [6.45, 7) is 6.82. The highest BCUT2D eigenvalue weighted by Crippen LogP contribution is 2.44. The average molecular weight is 318 g/mol. The molecule has 0 spiro atoms. The van der Waals surface area contributed by atoms with Gasteiger partial charge in [-0.25, -0.2) is 4.98 Å². The quantitative estimate of drug-likeness (QED) is 0.794. The fourth-order valence-electron chi connectivity index (χ4n) is 1.82. The fraction of sp³-hybridized carbons (Fsp3) is 0.692. The predicted molar refractivity (Wildman–Crippen MR) is 84.2 cm³/mol. The predicted octanol–water partition coefficient (Wildman–Crippen LogP) is 3.55. The SMILES string of the molecule is CCOC(=O)Cc1csc(C2CSC(C)C(C)S2)n1. The van der Waals surface area contributed by atoms with Crippen LogP contribution in [0, 0.1) is 0 Å². The van der Waals surface area contributed by atoms with Crippen LogP contribution in [-0.2, 0) is 16.0 Å². The van der Waals surface area contributed by atoms with Gasteiger partial charge in [-0.15, -0.1) is 23.1 Å². The molecule has 0 aromatic carbocycles. The van der Waals surface area contributed by atoms with Crippen LogP contribution in [0.2, 0.25) is 0 Å². The standard InChI is InChI=1S/C13H19NO2S3/c1-4-16-12(15)5-10-6-18-13(14-10)11-7-17-8(2)9(3)19-11/h6,8-9,11H,4-5,7H2,1-3H3. The van der Waals surface area contributed by atoms with Crippen LogP contribution in [0.1, 0.15) is 36.7 Å². The summed E-state index contributed by atoms with van der Waals surface area (Å²) in [4.78, 5) is 16.0. The smallest absolute Gasteiger partial charge is 0.311 e. The lowest BCUT2D eigenvalue weighted by Crippen LogP contribution is -2.21. The Bertz CT molecular complexity index is 435. The zero-order valence-electron chi connectivity index (χ0n) is 11.4. The van der Waals surface area contributed by atoms with Crippen LogP contribution in [0.3, 0.4) is 0 Å². The normalized spacial score (nSPS) is 27.2. The van der Waals surface area contributed by atoms with Crippen molar-refractivity contribution in [2.24, 2.45) is 0 Å². The molecular weight excluding hydrogens is 298 g/mol. The number of aromatic nitrogens is 1. The molecule has 106 valence electrons. The Morgan fingerprint density at radius 2 is 2.26 bits per heavy atom. The Kier molecular flexibility index (Phi) is 5.59. The van der Waals surface area contributed by atoms with Crippen LogP contribution in [0.25, 0.3) is 0 Å². The summed E-state index contributed by atoms with van der Waals surface area (Å²) in [5, 5.41) is 4.97. The molecule has 0 N–H and O–H groups in total. The Hall–Kier alpha value is -0.200. The molecule has 1 saturated heterocycles. The summed E-state index contributed by atoms with van der Waals surface area (Å²) in [6.07, 6.45) is 0.292. The van der Waals surface area contributed by atoms with Crippen LogP contribution in [0.5, 0.6) is 0 Å². The molecule has 0 radical (unpaired) electrons. The first-order valence-electron chi connectivity index (χ1n) is 6.47. The molecular formula is C13H19NO2S3. The lowest BCUT2D eigenvalue weighted by molar-refractivity contribution is -0.142. The minimum atomic E-state index is -0.188. The van der Waals surface area contributed by atoms with Gasteiger partial charge in [-0.1, -0.05) is 13.8 Å². The first-order chi connectivity index (χ1) is 9.10. The van der Waals surface area contributed by atoms with Crippen LogP contribution in [-0.4, -0.2) is 33.8 Å². The first-order valence-corrected chi connectivity index (χ1v) is 9.34. The second-order valence-electron chi connectivity index (χ2n) is 4.53. The lowest BCUT2D eigenvalue weighted by atomic mass is 10.3. The van der Waals surface area contributed by atoms with Crippen LogP contribution >= 0.6 is 34.9 Å². The molecule has 3 atom stereocenters. The van der Waals surface area contributed by atoms with E-state index in [0.717, 1.165) is 16.5 Å². The molecule has 3 nitrogen and oxygen atoms in total. The summed E-state index contributed by atoms with van der Waals surface area (Å²) < 4.78 is 4.95. The number of thioether (sulfide) groups is 2. The number of rotatable bonds is 4. The number of hydrogen-bond acceptors (Lipinski definition) is 6. The third-order valence-corrected chi connectivity index (χ3v) is 7.58. The van der Waals surface area contributed by atoms with Gasteiger partial charge in [0, 0.05) is 21.6 Å². The number of nitrogens with zero attached hydrogens (tertiary/aromatic N) is 1. The molecule has 6 heteroatoms. The maximum absolute atomic E-state index is 11.4. The summed E-state index contributed by atoms with van der Waals surface area (Å²) in [5.41, 5.74) is 0.843. The van der Waals surface area contributed by atoms with Gasteiger partial charge in [0.1, 0.15) is 5.01 Å². The van der Waals surface area contributed by atoms with Gasteiger partial charge in [0.15, 0.2) is 0 Å². The largest absolute Gasteiger partial charge is 0.466 e. The van der Waals surface area contributed by atoms with Crippen molar-refractivity contribution in [1.82, 2.24) is 4.98 Å². The summed E-state index contributed by atoms with van der Waals surface area (Å²) in [7, 11) is 0. The van der Waals surface area contributed by atoms with Crippen molar-refractivity contribution < 1.29 is 9.53 Å². The van der Waals surface area contributed by atoms with Crippen molar-refractivity contribution >= 4 is 40.8 Å². The van der Waals surface area contributed by atoms with E-state index in [2.05, 4.69) is 18.8 Å². The number of ether oxygens (including phenoxy) is 1. The number of carbonyl (C=O) groups is 1. The Balaban J connectivity index is 1.95. The van der Waals surface area contributed by atoms with E-state index in [0.29, 0.717) is 28.8 Å². The second kappa shape index (κ2) is 6.99. The molecule has 0 saturated carbocycles. The van der Waals surface area contributed by atoms with E-state index in [1.54, 1.807) is 11.3 Å². The van der Waals surface area contributed by atoms with Gasteiger partial charge in [0.25, 0.3) is 0 Å². The average Bonchev–Trinajstić information content (AvgIpc) is 2.81. The molecule has 2 rings (SSSR count). The minimum Gasteiger partial charge on any atom is -0.466 e. The molecule has 0 aliphatic carbocycles. The molecule has 1 aliphatic heterocycles. The van der Waals surface area contributed by atoms with E-state index in [9.17, 15) is 4.79 Å². The van der Waals surface area contributed by atoms with Crippen LogP contribution < -0.4 is 0 Å². The molecule has 1 fully saturated rings. The number of esters is 1. The van der Waals surface area contributed by atoms with Crippen molar-refractivity contribution in [3.05, 3.63) is 16.1 Å². The number of carbonyl (C=O) groups excluding carboxylic acids is 1. The molecule has 1 aromatic heterocycles. The van der Waals surface area contributed by atoms with Gasteiger partial charge >= 0.3 is 5.97 Å². The van der Waals surface area contributed by atoms with Crippen LogP contribution in [0.15, 0.2) is 5.38 Å². The number of hydrogen-bond donors (Lipinski definition) is 0. The molecule has 19 heavy (non-hydrogen) atoms. The van der Waals surface area contributed by atoms with Gasteiger partial charge in [0.05, 0.1) is 24.0 Å². The van der Waals surface area contributed by atoms with Gasteiger partial charge in [0.2, 0.25) is 0 Å². The summed E-state index contributed by atoms with van der Waals surface area (Å²) in [6, 6.07) is 0. The van der Waals surface area contributed by atoms with Gasteiger partial charge < -0.3 is 4.74 Å². The zero-order chi connectivity index (χ0) is 13.8. The summed E-state index contributed by atoms with van der Waals surface area (Å²) in [5.74, 6) is 0.926. The van der Waals surface area contributed by atoms with Crippen molar-refractivity contribution in [3.8, 4) is 0 Å². The maximum Gasteiger partial charge on any atom is 0.311 e. The molecule has 2 heterocycles. The monoisotopic (exact) mass is 317 g/mol. The van der Waals surface area contributed by atoms with Crippen LogP contribution in [0.4, 0.5) is 0 Å². The third kappa shape index (κ3) is 4.13. The fourth-order valence-corrected chi connectivity index (χ4v) is 5.86. The first kappa shape index (κ1) is 15.2. The Labute approximate surface area is 126 Å². The van der Waals surface area contributed by atoms with Gasteiger partial charge in [-0.3, -0.25) is 4.79 Å². The van der Waals surface area contributed by atoms with E-state index in [1.165, 1.54) is 0 Å². The molecule has 0 bridgehead atoms. The third-order valence-electron chi connectivity index (χ3n) is 3.03. The molecule has 1 aromatic rings. The van der Waals surface area contributed by atoms with E-state index >= 15 is 0 Å². The molecule has 1 aliphatic rings. The van der Waals surface area contributed by atoms with Crippen molar-refractivity contribution in [2.45, 2.75) is 42.9 Å². The Morgan fingerprint density at radius 3 is 2.95 bits per heavy atom. The van der Waals surface area contributed by atoms with E-state index < -0.39 is 0 Å². The highest BCUT2D eigenvalue weighted by atomic mass is 32.2. The second-order valence-corrected chi connectivity index (χ2v) is 8.41. The van der Waals surface area contributed by atoms with Gasteiger partial charge in [-0.05, 0) is 6.92 Å². The van der Waals surface area contributed by atoms with E-state index in [1.807, 2.05) is 35.8 Å². The minimum absolute atomic E-state index is 0.188. The highest BCUT2D eigenvalue weighted by molar-refractivity contribution is 8.07. The number of thiazole rings is 1. The Morgan fingerprint density at radius 1 is 1.47 bits per heavy atom. The maximum atomic E-state index is 11.4. The van der Waals surface area contributed by atoms with Crippen molar-refractivity contribution in [1.29, 1.82) is 0 Å². The lowest BCUT2D eigenvalue weighted by Gasteiger charge is -2.30. The molecule has 3 unspecified atom stereocenters. The zero-order valence-corrected chi connectivity index (χ0v) is 13.9. The van der Waals surface area contributed by atoms with Gasteiger partial charge in [-0.2, -0.15) is 11.8 Å². The summed E-state index contributed by atoms with van der Waals surface area (Å²) >= 11 is 5.68. The van der Waals surface area contributed by atoms with E-state index in [-0.39, 0.29) is 5.97 Å².